The first-order valence-corrected chi connectivity index (χ1v) is 5.72. The molecule has 0 aromatic heterocycles. The molecule has 0 saturated carbocycles. The van der Waals surface area contributed by atoms with Gasteiger partial charge < -0.3 is 10.4 Å². The van der Waals surface area contributed by atoms with Crippen LogP contribution in [0.5, 0.6) is 0 Å². The van der Waals surface area contributed by atoms with E-state index in [1.807, 2.05) is 6.92 Å². The van der Waals surface area contributed by atoms with Gasteiger partial charge in [-0.05, 0) is 12.0 Å². The zero-order chi connectivity index (χ0) is 12.7. The highest BCUT2D eigenvalue weighted by Crippen LogP contribution is 2.13. The Bertz CT molecular complexity index is 376. The first kappa shape index (κ1) is 13.2. The van der Waals surface area contributed by atoms with Gasteiger partial charge in [-0.2, -0.15) is 0 Å². The van der Waals surface area contributed by atoms with Gasteiger partial charge in [-0.1, -0.05) is 43.7 Å². The van der Waals surface area contributed by atoms with Crippen LogP contribution in [0.1, 0.15) is 37.8 Å². The van der Waals surface area contributed by atoms with E-state index in [0.29, 0.717) is 12.0 Å². The van der Waals surface area contributed by atoms with E-state index in [2.05, 4.69) is 5.32 Å². The van der Waals surface area contributed by atoms with Crippen LogP contribution in [0.3, 0.4) is 0 Å². The minimum atomic E-state index is -1.04. The minimum Gasteiger partial charge on any atom is -0.479 e. The Morgan fingerprint density at radius 1 is 1.29 bits per heavy atom. The first-order chi connectivity index (χ1) is 8.15. The molecule has 1 aromatic rings. The largest absolute Gasteiger partial charge is 0.479 e. The Balaban J connectivity index is 2.68. The van der Waals surface area contributed by atoms with Gasteiger partial charge >= 0.3 is 5.97 Å². The van der Waals surface area contributed by atoms with Crippen LogP contribution in [-0.4, -0.2) is 17.0 Å². The smallest absolute Gasteiger partial charge is 0.330 e. The number of benzene rings is 1. The number of nitrogens with one attached hydrogen (secondary N) is 1. The van der Waals surface area contributed by atoms with Gasteiger partial charge in [0, 0.05) is 6.42 Å². The maximum Gasteiger partial charge on any atom is 0.330 e. The Morgan fingerprint density at radius 2 is 1.94 bits per heavy atom. The van der Waals surface area contributed by atoms with Gasteiger partial charge in [0.2, 0.25) is 5.91 Å². The van der Waals surface area contributed by atoms with Crippen molar-refractivity contribution in [2.24, 2.45) is 0 Å². The van der Waals surface area contributed by atoms with Crippen molar-refractivity contribution in [3.8, 4) is 0 Å². The molecule has 2 N–H and O–H groups in total. The van der Waals surface area contributed by atoms with E-state index in [1.165, 1.54) is 0 Å². The monoisotopic (exact) mass is 235 g/mol. The molecule has 0 saturated heterocycles. The number of hydrogen-bond donors (Lipinski definition) is 2. The Labute approximate surface area is 101 Å². The van der Waals surface area contributed by atoms with E-state index >= 15 is 0 Å². The van der Waals surface area contributed by atoms with Gasteiger partial charge in [-0.25, -0.2) is 4.79 Å². The van der Waals surface area contributed by atoms with Crippen LogP contribution in [0.25, 0.3) is 0 Å². The zero-order valence-electron chi connectivity index (χ0n) is 9.85. The van der Waals surface area contributed by atoms with Gasteiger partial charge in [0.25, 0.3) is 0 Å². The van der Waals surface area contributed by atoms with E-state index in [9.17, 15) is 9.59 Å². The molecule has 0 radical (unpaired) electrons. The standard InChI is InChI=1S/C13H17NO3/c1-2-3-9-11(15)14-12(13(16)17)10-7-5-4-6-8-10/h4-8,12H,2-3,9H2,1H3,(H,14,15)(H,16,17). The van der Waals surface area contributed by atoms with Crippen LogP contribution in [0.15, 0.2) is 30.3 Å². The number of carboxylic acids is 1. The second-order valence-electron chi connectivity index (χ2n) is 3.85. The predicted octanol–water partition coefficient (Wildman–Crippen LogP) is 2.12. The maximum absolute atomic E-state index is 11.5. The molecule has 0 aliphatic heterocycles. The number of unbranched alkanes of at least 4 members (excludes halogenated alkanes) is 1. The average molecular weight is 235 g/mol. The quantitative estimate of drug-likeness (QED) is 0.793. The second-order valence-corrected chi connectivity index (χ2v) is 3.85. The summed E-state index contributed by atoms with van der Waals surface area (Å²) >= 11 is 0. The molecular formula is C13H17NO3. The number of aliphatic carboxylic acids is 1. The molecule has 0 aliphatic carbocycles. The summed E-state index contributed by atoms with van der Waals surface area (Å²) in [6, 6.07) is 7.74. The van der Waals surface area contributed by atoms with Gasteiger partial charge in [0.05, 0.1) is 0 Å². The molecule has 1 amide bonds. The fourth-order valence-electron chi connectivity index (χ4n) is 1.50. The van der Waals surface area contributed by atoms with Crippen LogP contribution in [0, 0.1) is 0 Å². The van der Waals surface area contributed by atoms with Crippen molar-refractivity contribution in [2.45, 2.75) is 32.2 Å². The highest BCUT2D eigenvalue weighted by atomic mass is 16.4. The lowest BCUT2D eigenvalue weighted by molar-refractivity contribution is -0.142. The van der Waals surface area contributed by atoms with Crippen LogP contribution in [0.2, 0.25) is 0 Å². The van der Waals surface area contributed by atoms with E-state index in [1.54, 1.807) is 30.3 Å². The molecule has 4 nitrogen and oxygen atoms in total. The molecular weight excluding hydrogens is 218 g/mol. The summed E-state index contributed by atoms with van der Waals surface area (Å²) < 4.78 is 0. The molecule has 0 bridgehead atoms. The van der Waals surface area contributed by atoms with Crippen molar-refractivity contribution < 1.29 is 14.7 Å². The number of carbonyl (C=O) groups is 2. The lowest BCUT2D eigenvalue weighted by Crippen LogP contribution is -2.33. The normalized spacial score (nSPS) is 11.8. The third-order valence-electron chi connectivity index (χ3n) is 2.44. The SMILES string of the molecule is CCCCC(=O)NC(C(=O)O)c1ccccc1. The molecule has 0 fully saturated rings. The van der Waals surface area contributed by atoms with E-state index in [-0.39, 0.29) is 5.91 Å². The zero-order valence-corrected chi connectivity index (χ0v) is 9.85. The molecule has 1 aromatic carbocycles. The molecule has 1 unspecified atom stereocenters. The summed E-state index contributed by atoms with van der Waals surface area (Å²) in [4.78, 5) is 22.6. The molecule has 92 valence electrons. The summed E-state index contributed by atoms with van der Waals surface area (Å²) in [5, 5.41) is 11.6. The van der Waals surface area contributed by atoms with E-state index in [4.69, 9.17) is 5.11 Å². The fourth-order valence-corrected chi connectivity index (χ4v) is 1.50. The van der Waals surface area contributed by atoms with Crippen LogP contribution in [0.4, 0.5) is 0 Å². The summed E-state index contributed by atoms with van der Waals surface area (Å²) in [6.07, 6.45) is 2.05. The lowest BCUT2D eigenvalue weighted by Gasteiger charge is -2.14. The molecule has 0 spiro atoms. The van der Waals surface area contributed by atoms with Crippen molar-refractivity contribution in [1.82, 2.24) is 5.32 Å². The first-order valence-electron chi connectivity index (χ1n) is 5.72. The Hall–Kier alpha value is -1.84. The predicted molar refractivity (Wildman–Crippen MR) is 64.5 cm³/mol. The number of carboxylic acid groups (broad SMARTS) is 1. The van der Waals surface area contributed by atoms with Gasteiger partial charge in [0.1, 0.15) is 0 Å². The molecule has 1 rings (SSSR count). The van der Waals surface area contributed by atoms with Crippen molar-refractivity contribution >= 4 is 11.9 Å². The Morgan fingerprint density at radius 3 is 2.47 bits per heavy atom. The van der Waals surface area contributed by atoms with Gasteiger partial charge in [-0.3, -0.25) is 4.79 Å². The highest BCUT2D eigenvalue weighted by Gasteiger charge is 2.21. The number of rotatable bonds is 6. The highest BCUT2D eigenvalue weighted by molar-refractivity contribution is 5.84. The molecule has 0 heterocycles. The third-order valence-corrected chi connectivity index (χ3v) is 2.44. The molecule has 4 heteroatoms. The summed E-state index contributed by atoms with van der Waals surface area (Å²) in [5.41, 5.74) is 0.588. The topological polar surface area (TPSA) is 66.4 Å². The van der Waals surface area contributed by atoms with Crippen molar-refractivity contribution in [3.63, 3.8) is 0 Å². The summed E-state index contributed by atoms with van der Waals surface area (Å²) in [5.74, 6) is -1.26. The molecule has 17 heavy (non-hydrogen) atoms. The number of hydrogen-bond acceptors (Lipinski definition) is 2. The van der Waals surface area contributed by atoms with Gasteiger partial charge in [-0.15, -0.1) is 0 Å². The van der Waals surface area contributed by atoms with E-state index < -0.39 is 12.0 Å². The number of carbonyl (C=O) groups excluding carboxylic acids is 1. The Kier molecular flexibility index (Phi) is 5.20. The van der Waals surface area contributed by atoms with Crippen LogP contribution < -0.4 is 5.32 Å². The number of amides is 1. The maximum atomic E-state index is 11.5. The third kappa shape index (κ3) is 4.26. The van der Waals surface area contributed by atoms with Crippen molar-refractivity contribution in [1.29, 1.82) is 0 Å². The van der Waals surface area contributed by atoms with Gasteiger partial charge in [0.15, 0.2) is 6.04 Å². The molecule has 1 atom stereocenters. The van der Waals surface area contributed by atoms with Crippen molar-refractivity contribution in [2.75, 3.05) is 0 Å². The van der Waals surface area contributed by atoms with Crippen molar-refractivity contribution in [3.05, 3.63) is 35.9 Å². The summed E-state index contributed by atoms with van der Waals surface area (Å²) in [7, 11) is 0. The van der Waals surface area contributed by atoms with Crippen LogP contribution in [-0.2, 0) is 9.59 Å². The minimum absolute atomic E-state index is 0.219. The summed E-state index contributed by atoms with van der Waals surface area (Å²) in [6.45, 7) is 1.99. The van der Waals surface area contributed by atoms with Crippen LogP contribution >= 0.6 is 0 Å². The van der Waals surface area contributed by atoms with E-state index in [0.717, 1.165) is 12.8 Å². The molecule has 0 aliphatic rings. The average Bonchev–Trinajstić information content (AvgIpc) is 2.34. The lowest BCUT2D eigenvalue weighted by atomic mass is 10.1. The second kappa shape index (κ2) is 6.68. The fraction of sp³-hybridized carbons (Fsp3) is 0.385.